The van der Waals surface area contributed by atoms with E-state index in [0.29, 0.717) is 0 Å². The Bertz CT molecular complexity index is 1150. The summed E-state index contributed by atoms with van der Waals surface area (Å²) in [5.74, 6) is -1.22. The molecule has 0 aliphatic heterocycles. The largest absolute Gasteiger partial charge is 0.465 e. The summed E-state index contributed by atoms with van der Waals surface area (Å²) in [6.45, 7) is 0. The second-order valence-electron chi connectivity index (χ2n) is 6.22. The Morgan fingerprint density at radius 3 is 2.29 bits per heavy atom. The number of hydrogen-bond donors (Lipinski definition) is 2. The van der Waals surface area contributed by atoms with Crippen molar-refractivity contribution < 1.29 is 14.3 Å². The molecule has 0 radical (unpaired) electrons. The van der Waals surface area contributed by atoms with Crippen molar-refractivity contribution in [3.63, 3.8) is 0 Å². The first-order valence-electron chi connectivity index (χ1n) is 9.30. The zero-order chi connectivity index (χ0) is 22.1. The van der Waals surface area contributed by atoms with Gasteiger partial charge in [-0.1, -0.05) is 54.2 Å². The van der Waals surface area contributed by atoms with Gasteiger partial charge in [-0.2, -0.15) is 5.26 Å². The van der Waals surface area contributed by atoms with Crippen LogP contribution in [0.3, 0.4) is 0 Å². The number of methoxy groups -OCH3 is 1. The van der Waals surface area contributed by atoms with E-state index in [1.807, 2.05) is 60.7 Å². The van der Waals surface area contributed by atoms with Crippen LogP contribution in [0.25, 0.3) is 0 Å². The average Bonchev–Trinajstić information content (AvgIpc) is 2.81. The molecule has 154 valence electrons. The van der Waals surface area contributed by atoms with Gasteiger partial charge in [0.25, 0.3) is 5.91 Å². The van der Waals surface area contributed by atoms with Crippen LogP contribution in [-0.4, -0.2) is 19.0 Å². The Kier molecular flexibility index (Phi) is 7.46. The molecular weight excluding hydrogens is 410 g/mol. The van der Waals surface area contributed by atoms with Crippen LogP contribution in [-0.2, 0) is 9.53 Å². The number of ether oxygens (including phenoxy) is 1. The molecule has 0 bridgehead atoms. The number of hydrogen-bond acceptors (Lipinski definition) is 6. The van der Waals surface area contributed by atoms with Crippen LogP contribution < -0.4 is 10.6 Å². The molecule has 0 spiro atoms. The minimum Gasteiger partial charge on any atom is -0.465 e. The smallest absolute Gasteiger partial charge is 0.339 e. The lowest BCUT2D eigenvalue weighted by molar-refractivity contribution is -0.112. The number of amides is 1. The van der Waals surface area contributed by atoms with Crippen LogP contribution in [0.1, 0.15) is 10.4 Å². The molecule has 3 aromatic rings. The van der Waals surface area contributed by atoms with E-state index in [9.17, 15) is 14.9 Å². The molecule has 0 aliphatic rings. The molecule has 0 unspecified atom stereocenters. The van der Waals surface area contributed by atoms with Crippen molar-refractivity contribution in [1.29, 1.82) is 5.26 Å². The number of nitrogens with one attached hydrogen (secondary N) is 2. The van der Waals surface area contributed by atoms with E-state index >= 15 is 0 Å². The van der Waals surface area contributed by atoms with Gasteiger partial charge in [0.15, 0.2) is 0 Å². The van der Waals surface area contributed by atoms with Crippen LogP contribution in [0.2, 0.25) is 0 Å². The van der Waals surface area contributed by atoms with Crippen LogP contribution in [0.15, 0.2) is 100 Å². The number of carbonyl (C=O) groups is 2. The summed E-state index contributed by atoms with van der Waals surface area (Å²) in [4.78, 5) is 26.5. The topological polar surface area (TPSA) is 91.2 Å². The van der Waals surface area contributed by atoms with Gasteiger partial charge in [0.05, 0.1) is 24.0 Å². The predicted octanol–water partition coefficient (Wildman–Crippen LogP) is 5.08. The third-order valence-corrected chi connectivity index (χ3v) is 5.26. The van der Waals surface area contributed by atoms with Crippen molar-refractivity contribution >= 4 is 35.0 Å². The summed E-state index contributed by atoms with van der Waals surface area (Å²) in [6, 6.07) is 25.8. The maximum atomic E-state index is 12.6. The zero-order valence-corrected chi connectivity index (χ0v) is 17.5. The van der Waals surface area contributed by atoms with Crippen molar-refractivity contribution in [2.45, 2.75) is 9.79 Å². The van der Waals surface area contributed by atoms with E-state index in [0.717, 1.165) is 15.5 Å². The standard InChI is InChI=1S/C24H19N3O3S/c1-30-24(29)19-11-5-6-12-20(19)27-23(28)17(15-25)16-26-21-13-7-8-14-22(21)31-18-9-3-2-4-10-18/h2-14,16,26H,1H3,(H,27,28)/b17-16-. The zero-order valence-electron chi connectivity index (χ0n) is 16.7. The summed E-state index contributed by atoms with van der Waals surface area (Å²) in [5, 5.41) is 15.1. The van der Waals surface area contributed by atoms with Crippen LogP contribution >= 0.6 is 11.8 Å². The van der Waals surface area contributed by atoms with Crippen LogP contribution in [0.5, 0.6) is 0 Å². The molecular formula is C24H19N3O3S. The molecule has 6 nitrogen and oxygen atoms in total. The number of esters is 1. The van der Waals surface area contributed by atoms with Gasteiger partial charge >= 0.3 is 5.97 Å². The molecule has 0 saturated carbocycles. The number of anilines is 2. The Balaban J connectivity index is 1.77. The molecule has 7 heteroatoms. The van der Waals surface area contributed by atoms with Gasteiger partial charge in [-0.25, -0.2) is 4.79 Å². The molecule has 31 heavy (non-hydrogen) atoms. The highest BCUT2D eigenvalue weighted by Gasteiger charge is 2.16. The van der Waals surface area contributed by atoms with Crippen molar-refractivity contribution in [1.82, 2.24) is 0 Å². The quantitative estimate of drug-likeness (QED) is 0.309. The fourth-order valence-corrected chi connectivity index (χ4v) is 3.59. The van der Waals surface area contributed by atoms with Crippen LogP contribution in [0.4, 0.5) is 11.4 Å². The summed E-state index contributed by atoms with van der Waals surface area (Å²) < 4.78 is 4.73. The van der Waals surface area contributed by atoms with Gasteiger partial charge < -0.3 is 15.4 Å². The summed E-state index contributed by atoms with van der Waals surface area (Å²) in [6.07, 6.45) is 1.35. The molecule has 0 fully saturated rings. The average molecular weight is 430 g/mol. The molecule has 3 aromatic carbocycles. The fourth-order valence-electron chi connectivity index (χ4n) is 2.66. The monoisotopic (exact) mass is 429 g/mol. The highest BCUT2D eigenvalue weighted by Crippen LogP contribution is 2.33. The minimum absolute atomic E-state index is 0.140. The Morgan fingerprint density at radius 1 is 0.935 bits per heavy atom. The van der Waals surface area contributed by atoms with Gasteiger partial charge in [-0.05, 0) is 36.4 Å². The van der Waals surface area contributed by atoms with Gasteiger partial charge in [-0.15, -0.1) is 0 Å². The first kappa shape index (κ1) is 21.7. The minimum atomic E-state index is -0.639. The first-order valence-corrected chi connectivity index (χ1v) is 10.1. The third kappa shape index (κ3) is 5.75. The maximum Gasteiger partial charge on any atom is 0.339 e. The number of nitriles is 1. The van der Waals surface area contributed by atoms with E-state index in [4.69, 9.17) is 4.74 Å². The molecule has 0 heterocycles. The lowest BCUT2D eigenvalue weighted by atomic mass is 10.1. The fraction of sp³-hybridized carbons (Fsp3) is 0.0417. The van der Waals surface area contributed by atoms with Crippen molar-refractivity contribution in [2.75, 3.05) is 17.7 Å². The lowest BCUT2D eigenvalue weighted by Gasteiger charge is -2.11. The highest BCUT2D eigenvalue weighted by molar-refractivity contribution is 7.99. The van der Waals surface area contributed by atoms with E-state index in [1.54, 1.807) is 30.0 Å². The Morgan fingerprint density at radius 2 is 1.58 bits per heavy atom. The van der Waals surface area contributed by atoms with Gasteiger partial charge in [0.1, 0.15) is 11.6 Å². The SMILES string of the molecule is COC(=O)c1ccccc1NC(=O)/C(C#N)=C\Nc1ccccc1Sc1ccccc1. The van der Waals surface area contributed by atoms with Crippen molar-refractivity contribution in [3.8, 4) is 6.07 Å². The second kappa shape index (κ2) is 10.7. The molecule has 0 atom stereocenters. The summed E-state index contributed by atoms with van der Waals surface area (Å²) in [5.41, 5.74) is 1.08. The number of carbonyl (C=O) groups excluding carboxylic acids is 2. The predicted molar refractivity (Wildman–Crippen MR) is 121 cm³/mol. The van der Waals surface area contributed by atoms with E-state index in [2.05, 4.69) is 10.6 Å². The Hall–Kier alpha value is -4.02. The molecule has 2 N–H and O–H groups in total. The molecule has 0 aromatic heterocycles. The normalized spacial score (nSPS) is 10.6. The number of para-hydroxylation sites is 2. The van der Waals surface area contributed by atoms with Crippen molar-refractivity contribution in [3.05, 3.63) is 96.2 Å². The molecule has 1 amide bonds. The molecule has 0 aliphatic carbocycles. The Labute approximate surface area is 184 Å². The number of nitrogens with zero attached hydrogens (tertiary/aromatic N) is 1. The summed E-state index contributed by atoms with van der Waals surface area (Å²) in [7, 11) is 1.26. The van der Waals surface area contributed by atoms with E-state index in [-0.39, 0.29) is 16.8 Å². The van der Waals surface area contributed by atoms with E-state index in [1.165, 1.54) is 19.4 Å². The highest BCUT2D eigenvalue weighted by atomic mass is 32.2. The lowest BCUT2D eigenvalue weighted by Crippen LogP contribution is -2.17. The van der Waals surface area contributed by atoms with Gasteiger partial charge in [0, 0.05) is 16.0 Å². The van der Waals surface area contributed by atoms with E-state index < -0.39 is 11.9 Å². The second-order valence-corrected chi connectivity index (χ2v) is 7.33. The number of rotatable bonds is 7. The van der Waals surface area contributed by atoms with Gasteiger partial charge in [0.2, 0.25) is 0 Å². The van der Waals surface area contributed by atoms with Gasteiger partial charge in [-0.3, -0.25) is 4.79 Å². The third-order valence-electron chi connectivity index (χ3n) is 4.18. The first-order chi connectivity index (χ1) is 15.1. The number of benzene rings is 3. The molecule has 0 saturated heterocycles. The molecule has 3 rings (SSSR count). The van der Waals surface area contributed by atoms with Crippen molar-refractivity contribution in [2.24, 2.45) is 0 Å². The summed E-state index contributed by atoms with van der Waals surface area (Å²) >= 11 is 1.57. The maximum absolute atomic E-state index is 12.6. The van der Waals surface area contributed by atoms with Crippen LogP contribution in [0, 0.1) is 11.3 Å².